The van der Waals surface area contributed by atoms with Gasteiger partial charge >= 0.3 is 5.97 Å². The molecule has 1 aromatic carbocycles. The van der Waals surface area contributed by atoms with E-state index in [4.69, 9.17) is 10.00 Å². The molecule has 3 rings (SSSR count). The highest BCUT2D eigenvalue weighted by atomic mass is 16.5. The number of nitrogens with one attached hydrogen (secondary N) is 1. The number of benzene rings is 1. The summed E-state index contributed by atoms with van der Waals surface area (Å²) in [4.78, 5) is 38.0. The molecule has 7 heteroatoms. The first-order valence-electron chi connectivity index (χ1n) is 8.83. The van der Waals surface area contributed by atoms with Crippen molar-refractivity contribution in [2.75, 3.05) is 18.5 Å². The van der Waals surface area contributed by atoms with Crippen LogP contribution in [0.3, 0.4) is 0 Å². The molecule has 0 aromatic heterocycles. The van der Waals surface area contributed by atoms with Crippen molar-refractivity contribution in [3.63, 3.8) is 0 Å². The van der Waals surface area contributed by atoms with Gasteiger partial charge in [-0.1, -0.05) is 18.9 Å². The smallest absolute Gasteiger partial charge is 0.311 e. The van der Waals surface area contributed by atoms with Crippen LogP contribution >= 0.6 is 0 Å². The van der Waals surface area contributed by atoms with Crippen LogP contribution in [0.4, 0.5) is 5.69 Å². The second-order valence-electron chi connectivity index (χ2n) is 6.73. The van der Waals surface area contributed by atoms with Crippen LogP contribution in [0.15, 0.2) is 24.3 Å². The number of amides is 2. The molecule has 7 nitrogen and oxygen atoms in total. The summed E-state index contributed by atoms with van der Waals surface area (Å²) < 4.78 is 5.08. The minimum atomic E-state index is -0.514. The van der Waals surface area contributed by atoms with Gasteiger partial charge in [0.25, 0.3) is 5.91 Å². The molecule has 1 N–H and O–H groups in total. The fraction of sp³-hybridized carbons (Fsp3) is 0.474. The number of hydrogen-bond acceptors (Lipinski definition) is 5. The number of ether oxygens (including phenoxy) is 1. The lowest BCUT2D eigenvalue weighted by atomic mass is 10.1. The first-order chi connectivity index (χ1) is 12.6. The van der Waals surface area contributed by atoms with E-state index in [9.17, 15) is 14.4 Å². The second kappa shape index (κ2) is 8.00. The predicted molar refractivity (Wildman–Crippen MR) is 92.8 cm³/mol. The van der Waals surface area contributed by atoms with Gasteiger partial charge in [0.05, 0.1) is 17.6 Å². The van der Waals surface area contributed by atoms with Crippen molar-refractivity contribution in [2.24, 2.45) is 5.92 Å². The Bertz CT molecular complexity index is 749. The molecule has 0 spiro atoms. The Hall–Kier alpha value is -2.88. The van der Waals surface area contributed by atoms with Crippen molar-refractivity contribution >= 4 is 23.5 Å². The van der Waals surface area contributed by atoms with Crippen LogP contribution in [0.25, 0.3) is 0 Å². The summed E-state index contributed by atoms with van der Waals surface area (Å²) in [5.41, 5.74) is 0.893. The predicted octanol–water partition coefficient (Wildman–Crippen LogP) is 1.83. The Morgan fingerprint density at radius 1 is 1.31 bits per heavy atom. The van der Waals surface area contributed by atoms with Crippen LogP contribution < -0.4 is 5.32 Å². The first kappa shape index (κ1) is 17.9. The fourth-order valence-electron chi connectivity index (χ4n) is 3.58. The molecule has 136 valence electrons. The number of likely N-dealkylation sites (tertiary alicyclic amines) is 1. The zero-order valence-electron chi connectivity index (χ0n) is 14.4. The van der Waals surface area contributed by atoms with E-state index in [1.54, 1.807) is 23.1 Å². The molecule has 2 fully saturated rings. The second-order valence-corrected chi connectivity index (χ2v) is 6.73. The van der Waals surface area contributed by atoms with Crippen molar-refractivity contribution in [1.29, 1.82) is 5.26 Å². The Kier molecular flexibility index (Phi) is 5.52. The molecule has 1 atom stereocenters. The van der Waals surface area contributed by atoms with E-state index >= 15 is 0 Å². The van der Waals surface area contributed by atoms with Crippen molar-refractivity contribution in [3.05, 3.63) is 29.8 Å². The van der Waals surface area contributed by atoms with Gasteiger partial charge in [0, 0.05) is 24.7 Å². The van der Waals surface area contributed by atoms with Crippen molar-refractivity contribution in [2.45, 2.75) is 38.1 Å². The number of hydrogen-bond donors (Lipinski definition) is 1. The third-order valence-electron chi connectivity index (χ3n) is 4.88. The van der Waals surface area contributed by atoms with E-state index in [1.807, 2.05) is 6.07 Å². The standard InChI is InChI=1S/C19H21N3O4/c20-10-13-4-3-5-15(8-13)21-17(23)12-26-19(25)14-9-18(24)22(11-14)16-6-1-2-7-16/h3-5,8,14,16H,1-2,6-7,9,11-12H2,(H,21,23)/t14-/m0/s1. The first-order valence-corrected chi connectivity index (χ1v) is 8.83. The third kappa shape index (κ3) is 4.20. The van der Waals surface area contributed by atoms with E-state index in [0.717, 1.165) is 25.7 Å². The van der Waals surface area contributed by atoms with Crippen LogP contribution in [-0.4, -0.2) is 41.9 Å². The summed E-state index contributed by atoms with van der Waals surface area (Å²) in [5.74, 6) is -1.50. The highest BCUT2D eigenvalue weighted by Crippen LogP contribution is 2.29. The Morgan fingerprint density at radius 3 is 2.81 bits per heavy atom. The van der Waals surface area contributed by atoms with Crippen molar-refractivity contribution < 1.29 is 19.1 Å². The average Bonchev–Trinajstić information content (AvgIpc) is 3.29. The molecule has 1 aromatic rings. The van der Waals surface area contributed by atoms with Gasteiger partial charge in [0.15, 0.2) is 6.61 Å². The van der Waals surface area contributed by atoms with E-state index in [2.05, 4.69) is 5.32 Å². The van der Waals surface area contributed by atoms with Gasteiger partial charge in [0.1, 0.15) is 0 Å². The lowest BCUT2D eigenvalue weighted by Crippen LogP contribution is -2.35. The normalized spacial score (nSPS) is 20.0. The molecule has 0 bridgehead atoms. The average molecular weight is 355 g/mol. The lowest BCUT2D eigenvalue weighted by Gasteiger charge is -2.23. The third-order valence-corrected chi connectivity index (χ3v) is 4.88. The molecule has 26 heavy (non-hydrogen) atoms. The number of rotatable bonds is 5. The monoisotopic (exact) mass is 355 g/mol. The number of anilines is 1. The maximum Gasteiger partial charge on any atom is 0.311 e. The van der Waals surface area contributed by atoms with Crippen LogP contribution in [0, 0.1) is 17.2 Å². The van der Waals surface area contributed by atoms with Crippen molar-refractivity contribution in [1.82, 2.24) is 4.90 Å². The molecule has 1 aliphatic heterocycles. The fourth-order valence-corrected chi connectivity index (χ4v) is 3.58. The van der Waals surface area contributed by atoms with Crippen LogP contribution in [-0.2, 0) is 19.1 Å². The largest absolute Gasteiger partial charge is 0.455 e. The molecule has 1 heterocycles. The van der Waals surface area contributed by atoms with Gasteiger partial charge in [-0.3, -0.25) is 14.4 Å². The van der Waals surface area contributed by atoms with Gasteiger partial charge in [-0.15, -0.1) is 0 Å². The number of carbonyl (C=O) groups excluding carboxylic acids is 3. The van der Waals surface area contributed by atoms with Gasteiger partial charge in [-0.2, -0.15) is 5.26 Å². The maximum atomic E-state index is 12.2. The quantitative estimate of drug-likeness (QED) is 0.812. The van der Waals surface area contributed by atoms with Gasteiger partial charge < -0.3 is 15.0 Å². The summed E-state index contributed by atoms with van der Waals surface area (Å²) >= 11 is 0. The molecule has 1 saturated heterocycles. The zero-order chi connectivity index (χ0) is 18.5. The van der Waals surface area contributed by atoms with Crippen LogP contribution in [0.1, 0.15) is 37.7 Å². The van der Waals surface area contributed by atoms with Gasteiger partial charge in [-0.05, 0) is 31.0 Å². The minimum absolute atomic E-state index is 0.00313. The zero-order valence-corrected chi connectivity index (χ0v) is 14.4. The van der Waals surface area contributed by atoms with Crippen molar-refractivity contribution in [3.8, 4) is 6.07 Å². The van der Waals surface area contributed by atoms with Crippen LogP contribution in [0.2, 0.25) is 0 Å². The minimum Gasteiger partial charge on any atom is -0.455 e. The Labute approximate surface area is 151 Å². The summed E-state index contributed by atoms with van der Waals surface area (Å²) in [7, 11) is 0. The summed E-state index contributed by atoms with van der Waals surface area (Å²) in [6.07, 6.45) is 4.39. The molecular formula is C19H21N3O4. The molecule has 1 saturated carbocycles. The van der Waals surface area contributed by atoms with E-state index in [-0.39, 0.29) is 18.4 Å². The Morgan fingerprint density at radius 2 is 2.08 bits per heavy atom. The molecule has 0 unspecified atom stereocenters. The topological polar surface area (TPSA) is 99.5 Å². The number of nitriles is 1. The SMILES string of the molecule is N#Cc1cccc(NC(=O)COC(=O)[C@H]2CC(=O)N(C3CCCC3)C2)c1. The molecular weight excluding hydrogens is 334 g/mol. The summed E-state index contributed by atoms with van der Waals surface area (Å²) in [6.45, 7) is -0.0299. The molecule has 0 radical (unpaired) electrons. The maximum absolute atomic E-state index is 12.2. The van der Waals surface area contributed by atoms with Crippen LogP contribution in [0.5, 0.6) is 0 Å². The molecule has 1 aliphatic carbocycles. The number of nitrogens with zero attached hydrogens (tertiary/aromatic N) is 2. The number of esters is 1. The van der Waals surface area contributed by atoms with E-state index < -0.39 is 24.4 Å². The van der Waals surface area contributed by atoms with E-state index in [0.29, 0.717) is 17.8 Å². The summed E-state index contributed by atoms with van der Waals surface area (Å²) in [5, 5.41) is 11.4. The van der Waals surface area contributed by atoms with Gasteiger partial charge in [-0.25, -0.2) is 0 Å². The molecule has 2 aliphatic rings. The summed E-state index contributed by atoms with van der Waals surface area (Å²) in [6, 6.07) is 8.70. The highest BCUT2D eigenvalue weighted by molar-refractivity contribution is 5.93. The van der Waals surface area contributed by atoms with E-state index in [1.165, 1.54) is 6.07 Å². The molecule has 2 amide bonds. The number of carbonyl (C=O) groups is 3. The highest BCUT2D eigenvalue weighted by Gasteiger charge is 2.39. The Balaban J connectivity index is 1.47. The lowest BCUT2D eigenvalue weighted by molar-refractivity contribution is -0.151. The van der Waals surface area contributed by atoms with Gasteiger partial charge in [0.2, 0.25) is 5.91 Å².